The molecule has 0 aromatic heterocycles. The first-order valence-electron chi connectivity index (χ1n) is 11.3. The van der Waals surface area contributed by atoms with E-state index >= 15 is 0 Å². The van der Waals surface area contributed by atoms with Crippen LogP contribution >= 0.6 is 0 Å². The van der Waals surface area contributed by atoms with Gasteiger partial charge in [0.25, 0.3) is 10.0 Å². The number of benzene rings is 2. The van der Waals surface area contributed by atoms with Crippen LogP contribution in [0.15, 0.2) is 47.4 Å². The minimum Gasteiger partial charge on any atom is -0.478 e. The average molecular weight is 458 g/mol. The number of carboxylic acid groups (broad SMARTS) is 1. The highest BCUT2D eigenvalue weighted by molar-refractivity contribution is 7.92. The number of hydrogen-bond acceptors (Lipinski definition) is 5. The van der Waals surface area contributed by atoms with Crippen molar-refractivity contribution in [1.82, 2.24) is 4.90 Å². The molecular formula is C24H31N3O4S. The second kappa shape index (κ2) is 9.50. The highest BCUT2D eigenvalue weighted by Crippen LogP contribution is 2.28. The Morgan fingerprint density at radius 1 is 0.969 bits per heavy atom. The SMILES string of the molecule is Cc1ccc(S(=O)(=O)Nc2ccc(N3CCN(C4CCCCC4)CC3)cc2C(=O)O)cc1. The van der Waals surface area contributed by atoms with Crippen LogP contribution in [0.25, 0.3) is 0 Å². The number of nitrogens with one attached hydrogen (secondary N) is 1. The summed E-state index contributed by atoms with van der Waals surface area (Å²) in [4.78, 5) is 16.8. The Morgan fingerprint density at radius 2 is 1.62 bits per heavy atom. The number of nitrogens with zero attached hydrogens (tertiary/aromatic N) is 2. The van der Waals surface area contributed by atoms with Crippen LogP contribution in [0, 0.1) is 6.92 Å². The van der Waals surface area contributed by atoms with E-state index in [2.05, 4.69) is 14.5 Å². The van der Waals surface area contributed by atoms with Crippen molar-refractivity contribution in [3.8, 4) is 0 Å². The van der Waals surface area contributed by atoms with Gasteiger partial charge < -0.3 is 10.0 Å². The van der Waals surface area contributed by atoms with Gasteiger partial charge in [0.05, 0.1) is 16.1 Å². The Labute approximate surface area is 190 Å². The highest BCUT2D eigenvalue weighted by Gasteiger charge is 2.26. The molecule has 4 rings (SSSR count). The van der Waals surface area contributed by atoms with E-state index in [0.717, 1.165) is 37.4 Å². The van der Waals surface area contributed by atoms with Crippen molar-refractivity contribution >= 4 is 27.4 Å². The van der Waals surface area contributed by atoms with E-state index in [1.165, 1.54) is 44.2 Å². The highest BCUT2D eigenvalue weighted by atomic mass is 32.2. The van der Waals surface area contributed by atoms with Crippen LogP contribution in [-0.4, -0.2) is 56.6 Å². The van der Waals surface area contributed by atoms with Gasteiger partial charge in [-0.15, -0.1) is 0 Å². The molecule has 1 heterocycles. The van der Waals surface area contributed by atoms with Crippen molar-refractivity contribution < 1.29 is 18.3 Å². The molecule has 32 heavy (non-hydrogen) atoms. The molecule has 1 aliphatic carbocycles. The zero-order valence-electron chi connectivity index (χ0n) is 18.5. The molecule has 2 N–H and O–H groups in total. The second-order valence-corrected chi connectivity index (χ2v) is 10.5. The van der Waals surface area contributed by atoms with Gasteiger partial charge in [-0.05, 0) is 50.1 Å². The van der Waals surface area contributed by atoms with Crippen LogP contribution in [0.1, 0.15) is 48.0 Å². The number of aromatic carboxylic acids is 1. The summed E-state index contributed by atoms with van der Waals surface area (Å²) in [6.07, 6.45) is 6.52. The van der Waals surface area contributed by atoms with Crippen molar-refractivity contribution in [2.24, 2.45) is 0 Å². The van der Waals surface area contributed by atoms with Gasteiger partial charge in [0.2, 0.25) is 0 Å². The minimum absolute atomic E-state index is 0.0482. The van der Waals surface area contributed by atoms with Gasteiger partial charge in [0.15, 0.2) is 0 Å². The van der Waals surface area contributed by atoms with Crippen molar-refractivity contribution in [3.05, 3.63) is 53.6 Å². The van der Waals surface area contributed by atoms with E-state index in [-0.39, 0.29) is 16.1 Å². The van der Waals surface area contributed by atoms with E-state index < -0.39 is 16.0 Å². The molecule has 2 aromatic rings. The molecule has 1 saturated carbocycles. The summed E-state index contributed by atoms with van der Waals surface area (Å²) in [5.74, 6) is -1.16. The van der Waals surface area contributed by atoms with Gasteiger partial charge in [0.1, 0.15) is 0 Å². The molecule has 0 amide bonds. The lowest BCUT2D eigenvalue weighted by molar-refractivity contribution is 0.0698. The number of anilines is 2. The predicted octanol–water partition coefficient (Wildman–Crippen LogP) is 3.95. The largest absolute Gasteiger partial charge is 0.478 e. The van der Waals surface area contributed by atoms with Crippen LogP contribution < -0.4 is 9.62 Å². The minimum atomic E-state index is -3.88. The van der Waals surface area contributed by atoms with Gasteiger partial charge in [-0.3, -0.25) is 9.62 Å². The Morgan fingerprint density at radius 3 is 2.25 bits per heavy atom. The molecule has 1 saturated heterocycles. The molecule has 2 aromatic carbocycles. The quantitative estimate of drug-likeness (QED) is 0.683. The summed E-state index contributed by atoms with van der Waals surface area (Å²) in [5, 5.41) is 9.74. The number of hydrogen-bond donors (Lipinski definition) is 2. The average Bonchev–Trinajstić information content (AvgIpc) is 2.80. The Hall–Kier alpha value is -2.58. The van der Waals surface area contributed by atoms with Gasteiger partial charge in [-0.2, -0.15) is 0 Å². The number of aryl methyl sites for hydroxylation is 1. The summed E-state index contributed by atoms with van der Waals surface area (Å²) in [5.41, 5.74) is 1.78. The molecule has 0 spiro atoms. The van der Waals surface area contributed by atoms with Crippen LogP contribution in [0.3, 0.4) is 0 Å². The van der Waals surface area contributed by atoms with Gasteiger partial charge in [-0.25, -0.2) is 13.2 Å². The molecule has 8 heteroatoms. The maximum absolute atomic E-state index is 12.7. The molecule has 0 unspecified atom stereocenters. The smallest absolute Gasteiger partial charge is 0.337 e. The fourth-order valence-corrected chi connectivity index (χ4v) is 5.79. The second-order valence-electron chi connectivity index (χ2n) is 8.77. The monoisotopic (exact) mass is 457 g/mol. The zero-order valence-corrected chi connectivity index (χ0v) is 19.3. The van der Waals surface area contributed by atoms with E-state index in [9.17, 15) is 18.3 Å². The lowest BCUT2D eigenvalue weighted by Gasteiger charge is -2.41. The lowest BCUT2D eigenvalue weighted by atomic mass is 9.94. The van der Waals surface area contributed by atoms with E-state index in [1.54, 1.807) is 30.3 Å². The van der Waals surface area contributed by atoms with Gasteiger partial charge >= 0.3 is 5.97 Å². The summed E-state index contributed by atoms with van der Waals surface area (Å²) in [6.45, 7) is 5.48. The van der Waals surface area contributed by atoms with Crippen LogP contribution in [0.5, 0.6) is 0 Å². The van der Waals surface area contributed by atoms with E-state index in [1.807, 2.05) is 6.92 Å². The Kier molecular flexibility index (Phi) is 6.71. The molecule has 0 radical (unpaired) electrons. The first kappa shape index (κ1) is 22.6. The third-order valence-electron chi connectivity index (χ3n) is 6.58. The zero-order chi connectivity index (χ0) is 22.7. The summed E-state index contributed by atoms with van der Waals surface area (Å²) in [7, 11) is -3.88. The number of carboxylic acids is 1. The third-order valence-corrected chi connectivity index (χ3v) is 7.96. The van der Waals surface area contributed by atoms with Crippen LogP contribution in [-0.2, 0) is 10.0 Å². The fraction of sp³-hybridized carbons (Fsp3) is 0.458. The van der Waals surface area contributed by atoms with Crippen molar-refractivity contribution in [2.45, 2.75) is 50.0 Å². The molecular weight excluding hydrogens is 426 g/mol. The summed E-state index contributed by atoms with van der Waals surface area (Å²) in [6, 6.07) is 12.1. The maximum atomic E-state index is 12.7. The molecule has 2 aliphatic rings. The third kappa shape index (κ3) is 5.07. The molecule has 0 atom stereocenters. The number of rotatable bonds is 6. The number of carbonyl (C=O) groups is 1. The van der Waals surface area contributed by atoms with Gasteiger partial charge in [0, 0.05) is 37.9 Å². The van der Waals surface area contributed by atoms with Crippen LogP contribution in [0.4, 0.5) is 11.4 Å². The first-order valence-corrected chi connectivity index (χ1v) is 12.8. The van der Waals surface area contributed by atoms with Crippen molar-refractivity contribution in [2.75, 3.05) is 35.8 Å². The topological polar surface area (TPSA) is 90.0 Å². The normalized spacial score (nSPS) is 18.5. The summed E-state index contributed by atoms with van der Waals surface area (Å²) >= 11 is 0. The first-order chi connectivity index (χ1) is 15.3. The van der Waals surface area contributed by atoms with Gasteiger partial charge in [-0.1, -0.05) is 37.0 Å². The molecule has 172 valence electrons. The molecule has 1 aliphatic heterocycles. The van der Waals surface area contributed by atoms with E-state index in [4.69, 9.17) is 0 Å². The van der Waals surface area contributed by atoms with Crippen molar-refractivity contribution in [3.63, 3.8) is 0 Å². The van der Waals surface area contributed by atoms with E-state index in [0.29, 0.717) is 6.04 Å². The molecule has 2 fully saturated rings. The Balaban J connectivity index is 1.48. The summed E-state index contributed by atoms with van der Waals surface area (Å²) < 4.78 is 27.9. The van der Waals surface area contributed by atoms with Crippen LogP contribution in [0.2, 0.25) is 0 Å². The molecule has 7 nitrogen and oxygen atoms in total. The van der Waals surface area contributed by atoms with Crippen molar-refractivity contribution in [1.29, 1.82) is 0 Å². The predicted molar refractivity (Wildman–Crippen MR) is 126 cm³/mol. The fourth-order valence-electron chi connectivity index (χ4n) is 4.71. The number of sulfonamides is 1. The lowest BCUT2D eigenvalue weighted by Crippen LogP contribution is -2.50. The Bertz CT molecular complexity index is 1060. The maximum Gasteiger partial charge on any atom is 0.337 e. The standard InChI is InChI=1S/C24H31N3O4S/c1-18-7-10-21(11-8-18)32(30,31)25-23-12-9-20(17-22(23)24(28)29)27-15-13-26(14-16-27)19-5-3-2-4-6-19/h7-12,17,19,25H,2-6,13-16H2,1H3,(H,28,29). The number of piperazine rings is 1. The molecule has 0 bridgehead atoms.